The van der Waals surface area contributed by atoms with Crippen LogP contribution in [0, 0.1) is 5.92 Å². The number of hydrogen-bond donors (Lipinski definition) is 0. The van der Waals surface area contributed by atoms with Crippen molar-refractivity contribution in [3.05, 3.63) is 35.4 Å². The van der Waals surface area contributed by atoms with Crippen molar-refractivity contribution in [3.8, 4) is 0 Å². The molecule has 3 amide bonds. The van der Waals surface area contributed by atoms with Crippen LogP contribution in [-0.2, 0) is 14.4 Å². The molecule has 2 heterocycles. The van der Waals surface area contributed by atoms with Gasteiger partial charge < -0.3 is 9.74 Å². The SMILES string of the molecule is CC1CCCN(C(=O)C(=O)ON2C(=O)c3ccccc3C2=O)C1. The minimum Gasteiger partial charge on any atom is -0.333 e. The normalized spacial score (nSPS) is 20.5. The van der Waals surface area contributed by atoms with E-state index in [1.54, 1.807) is 12.1 Å². The predicted octanol–water partition coefficient (Wildman–Crippen LogP) is 0.999. The lowest BCUT2D eigenvalue weighted by atomic mass is 10.0. The summed E-state index contributed by atoms with van der Waals surface area (Å²) >= 11 is 0. The summed E-state index contributed by atoms with van der Waals surface area (Å²) in [5.41, 5.74) is 0.314. The van der Waals surface area contributed by atoms with Gasteiger partial charge in [-0.2, -0.15) is 0 Å². The van der Waals surface area contributed by atoms with Crippen molar-refractivity contribution in [1.82, 2.24) is 9.96 Å². The largest absolute Gasteiger partial charge is 0.421 e. The van der Waals surface area contributed by atoms with Crippen LogP contribution >= 0.6 is 0 Å². The number of benzene rings is 1. The first-order valence-corrected chi connectivity index (χ1v) is 7.48. The Morgan fingerprint density at radius 2 is 1.74 bits per heavy atom. The van der Waals surface area contributed by atoms with Crippen LogP contribution < -0.4 is 0 Å². The van der Waals surface area contributed by atoms with Crippen molar-refractivity contribution in [1.29, 1.82) is 0 Å². The third kappa shape index (κ3) is 2.69. The molecule has 7 heteroatoms. The monoisotopic (exact) mass is 316 g/mol. The lowest BCUT2D eigenvalue weighted by Gasteiger charge is -2.30. The van der Waals surface area contributed by atoms with Crippen LogP contribution in [0.5, 0.6) is 0 Å². The van der Waals surface area contributed by atoms with Gasteiger partial charge in [-0.1, -0.05) is 24.1 Å². The Labute approximate surface area is 132 Å². The maximum Gasteiger partial charge on any atom is 0.421 e. The number of imide groups is 1. The minimum absolute atomic E-state index is 0.157. The van der Waals surface area contributed by atoms with Gasteiger partial charge in [-0.25, -0.2) is 4.79 Å². The summed E-state index contributed by atoms with van der Waals surface area (Å²) in [5.74, 6) is -3.21. The second-order valence-electron chi connectivity index (χ2n) is 5.83. The summed E-state index contributed by atoms with van der Waals surface area (Å²) in [6.45, 7) is 2.94. The zero-order valence-corrected chi connectivity index (χ0v) is 12.7. The quantitative estimate of drug-likeness (QED) is 0.570. The summed E-state index contributed by atoms with van der Waals surface area (Å²) in [6, 6.07) is 6.15. The van der Waals surface area contributed by atoms with E-state index in [2.05, 4.69) is 0 Å². The molecule has 0 bridgehead atoms. The molecule has 2 aliphatic rings. The van der Waals surface area contributed by atoms with Gasteiger partial charge in [0.1, 0.15) is 0 Å². The van der Waals surface area contributed by atoms with E-state index in [-0.39, 0.29) is 11.1 Å². The molecule has 0 N–H and O–H groups in total. The Bertz CT molecular complexity index is 664. The first-order valence-electron chi connectivity index (χ1n) is 7.48. The average Bonchev–Trinajstić information content (AvgIpc) is 2.79. The number of carbonyl (C=O) groups excluding carboxylic acids is 4. The summed E-state index contributed by atoms with van der Waals surface area (Å²) < 4.78 is 0. The van der Waals surface area contributed by atoms with Gasteiger partial charge in [0, 0.05) is 13.1 Å². The maximum atomic E-state index is 12.1. The molecule has 1 saturated heterocycles. The number of nitrogens with zero attached hydrogens (tertiary/aromatic N) is 2. The molecule has 3 rings (SSSR count). The number of piperidine rings is 1. The molecule has 0 spiro atoms. The van der Waals surface area contributed by atoms with Crippen molar-refractivity contribution in [2.24, 2.45) is 5.92 Å². The van der Waals surface area contributed by atoms with Crippen molar-refractivity contribution in [2.45, 2.75) is 19.8 Å². The van der Waals surface area contributed by atoms with E-state index in [4.69, 9.17) is 4.84 Å². The third-order valence-electron chi connectivity index (χ3n) is 4.05. The van der Waals surface area contributed by atoms with Crippen LogP contribution in [0.2, 0.25) is 0 Å². The van der Waals surface area contributed by atoms with Crippen LogP contribution in [0.3, 0.4) is 0 Å². The summed E-state index contributed by atoms with van der Waals surface area (Å²) in [7, 11) is 0. The van der Waals surface area contributed by atoms with Gasteiger partial charge in [-0.05, 0) is 30.9 Å². The fourth-order valence-electron chi connectivity index (χ4n) is 2.87. The Hall–Kier alpha value is -2.70. The molecule has 120 valence electrons. The van der Waals surface area contributed by atoms with E-state index in [0.717, 1.165) is 12.8 Å². The molecule has 0 saturated carbocycles. The standard InChI is InChI=1S/C16H16N2O5/c1-10-5-4-8-17(9-10)15(21)16(22)23-18-13(19)11-6-2-3-7-12(11)14(18)20/h2-3,6-7,10H,4-5,8-9H2,1H3. The maximum absolute atomic E-state index is 12.1. The number of carbonyl (C=O) groups is 4. The van der Waals surface area contributed by atoms with Gasteiger partial charge in [0.2, 0.25) is 0 Å². The molecular weight excluding hydrogens is 300 g/mol. The first kappa shape index (κ1) is 15.2. The van der Waals surface area contributed by atoms with E-state index in [9.17, 15) is 19.2 Å². The Morgan fingerprint density at radius 1 is 1.13 bits per heavy atom. The Kier molecular flexibility index (Phi) is 3.85. The van der Waals surface area contributed by atoms with Gasteiger partial charge in [-0.3, -0.25) is 14.4 Å². The second-order valence-corrected chi connectivity index (χ2v) is 5.83. The number of likely N-dealkylation sites (tertiary alicyclic amines) is 1. The highest BCUT2D eigenvalue weighted by Crippen LogP contribution is 2.23. The van der Waals surface area contributed by atoms with Crippen molar-refractivity contribution in [2.75, 3.05) is 13.1 Å². The zero-order valence-electron chi connectivity index (χ0n) is 12.7. The Balaban J connectivity index is 1.70. The minimum atomic E-state index is -1.21. The lowest BCUT2D eigenvalue weighted by Crippen LogP contribution is -2.45. The van der Waals surface area contributed by atoms with Gasteiger partial charge in [0.25, 0.3) is 11.8 Å². The van der Waals surface area contributed by atoms with E-state index < -0.39 is 23.7 Å². The molecule has 7 nitrogen and oxygen atoms in total. The van der Waals surface area contributed by atoms with Crippen LogP contribution in [0.25, 0.3) is 0 Å². The number of hydroxylamine groups is 2. The van der Waals surface area contributed by atoms with Gasteiger partial charge in [0.05, 0.1) is 11.1 Å². The number of rotatable bonds is 1. The molecule has 1 aromatic carbocycles. The van der Waals surface area contributed by atoms with Crippen LogP contribution in [0.1, 0.15) is 40.5 Å². The molecule has 0 radical (unpaired) electrons. The summed E-state index contributed by atoms with van der Waals surface area (Å²) in [5, 5.41) is 0.359. The molecule has 0 aliphatic carbocycles. The zero-order chi connectivity index (χ0) is 16.6. The first-order chi connectivity index (χ1) is 11.0. The molecule has 23 heavy (non-hydrogen) atoms. The molecule has 1 fully saturated rings. The Morgan fingerprint density at radius 3 is 2.30 bits per heavy atom. The van der Waals surface area contributed by atoms with Crippen molar-refractivity contribution >= 4 is 23.7 Å². The fraction of sp³-hybridized carbons (Fsp3) is 0.375. The number of fused-ring (bicyclic) bond motifs is 1. The predicted molar refractivity (Wildman–Crippen MR) is 78.0 cm³/mol. The average molecular weight is 316 g/mol. The topological polar surface area (TPSA) is 84.0 Å². The third-order valence-corrected chi connectivity index (χ3v) is 4.05. The molecule has 1 unspecified atom stereocenters. The molecule has 2 aliphatic heterocycles. The van der Waals surface area contributed by atoms with E-state index in [1.807, 2.05) is 6.92 Å². The van der Waals surface area contributed by atoms with E-state index in [1.165, 1.54) is 17.0 Å². The number of hydrogen-bond acceptors (Lipinski definition) is 5. The lowest BCUT2D eigenvalue weighted by molar-refractivity contribution is -0.178. The molecule has 1 atom stereocenters. The van der Waals surface area contributed by atoms with Crippen molar-refractivity contribution in [3.63, 3.8) is 0 Å². The van der Waals surface area contributed by atoms with Crippen LogP contribution in [-0.4, -0.2) is 46.7 Å². The number of amides is 3. The van der Waals surface area contributed by atoms with Crippen LogP contribution in [0.4, 0.5) is 0 Å². The molecule has 1 aromatic rings. The molecular formula is C16H16N2O5. The summed E-state index contributed by atoms with van der Waals surface area (Å²) in [4.78, 5) is 54.5. The summed E-state index contributed by atoms with van der Waals surface area (Å²) in [6.07, 6.45) is 1.81. The van der Waals surface area contributed by atoms with Gasteiger partial charge in [-0.15, -0.1) is 0 Å². The smallest absolute Gasteiger partial charge is 0.333 e. The van der Waals surface area contributed by atoms with Gasteiger partial charge in [0.15, 0.2) is 0 Å². The van der Waals surface area contributed by atoms with E-state index in [0.29, 0.717) is 24.1 Å². The fourth-order valence-corrected chi connectivity index (χ4v) is 2.87. The van der Waals surface area contributed by atoms with Crippen LogP contribution in [0.15, 0.2) is 24.3 Å². The van der Waals surface area contributed by atoms with Gasteiger partial charge >= 0.3 is 11.9 Å². The van der Waals surface area contributed by atoms with E-state index >= 15 is 0 Å². The highest BCUT2D eigenvalue weighted by atomic mass is 16.7. The highest BCUT2D eigenvalue weighted by molar-refractivity contribution is 6.33. The second kappa shape index (κ2) is 5.83. The highest BCUT2D eigenvalue weighted by Gasteiger charge is 2.40. The van der Waals surface area contributed by atoms with Crippen molar-refractivity contribution < 1.29 is 24.0 Å². The molecule has 0 aromatic heterocycles.